The predicted octanol–water partition coefficient (Wildman–Crippen LogP) is 0.221. The molecule has 0 atom stereocenters. The van der Waals surface area contributed by atoms with Crippen LogP contribution >= 0.6 is 0 Å². The van der Waals surface area contributed by atoms with Crippen molar-refractivity contribution >= 4 is 11.7 Å². The van der Waals surface area contributed by atoms with Crippen LogP contribution in [0.1, 0.15) is 23.2 Å². The lowest BCUT2D eigenvalue weighted by atomic mass is 10.4. The first-order chi connectivity index (χ1) is 8.79. The van der Waals surface area contributed by atoms with Crippen molar-refractivity contribution in [2.75, 3.05) is 11.9 Å². The molecule has 94 valence electrons. The second-order valence-corrected chi connectivity index (χ2v) is 3.35. The molecule has 2 rings (SSSR count). The van der Waals surface area contributed by atoms with Crippen LogP contribution in [-0.4, -0.2) is 32.6 Å². The summed E-state index contributed by atoms with van der Waals surface area (Å²) in [4.78, 5) is 23.5. The summed E-state index contributed by atoms with van der Waals surface area (Å²) in [6.07, 6.45) is 4.11. The van der Waals surface area contributed by atoms with Gasteiger partial charge in [0, 0.05) is 6.54 Å². The first-order valence-corrected chi connectivity index (χ1v) is 5.39. The zero-order valence-corrected chi connectivity index (χ0v) is 9.75. The Balaban J connectivity index is 1.92. The van der Waals surface area contributed by atoms with Crippen LogP contribution in [0, 0.1) is 0 Å². The molecule has 0 bridgehead atoms. The second kappa shape index (κ2) is 5.71. The van der Waals surface area contributed by atoms with E-state index < -0.39 is 0 Å². The number of rotatable bonds is 5. The van der Waals surface area contributed by atoms with Crippen molar-refractivity contribution in [1.82, 2.24) is 25.4 Å². The van der Waals surface area contributed by atoms with Gasteiger partial charge in [-0.2, -0.15) is 4.98 Å². The van der Waals surface area contributed by atoms with Crippen molar-refractivity contribution in [3.05, 3.63) is 30.3 Å². The van der Waals surface area contributed by atoms with Gasteiger partial charge in [0.05, 0.1) is 18.9 Å². The summed E-state index contributed by atoms with van der Waals surface area (Å²) in [6, 6.07) is 0. The minimum Gasteiger partial charge on any atom is -0.369 e. The number of carbonyl (C=O) groups excluding carboxylic acids is 1. The van der Waals surface area contributed by atoms with E-state index in [4.69, 9.17) is 0 Å². The number of carbonyl (C=O) groups is 1. The summed E-state index contributed by atoms with van der Waals surface area (Å²) in [5.41, 5.74) is 0.236. The van der Waals surface area contributed by atoms with E-state index in [1.54, 1.807) is 0 Å². The fraction of sp³-hybridized carbons (Fsp3) is 0.300. The van der Waals surface area contributed by atoms with E-state index >= 15 is 0 Å². The molecule has 2 aromatic rings. The largest absolute Gasteiger partial charge is 0.369 e. The van der Waals surface area contributed by atoms with Gasteiger partial charge in [-0.15, -0.1) is 0 Å². The molecule has 0 unspecified atom stereocenters. The van der Waals surface area contributed by atoms with Crippen molar-refractivity contribution in [3.8, 4) is 0 Å². The van der Waals surface area contributed by atoms with Gasteiger partial charge in [-0.3, -0.25) is 4.79 Å². The number of nitrogens with one attached hydrogen (secondary N) is 2. The molecule has 0 saturated carbocycles. The zero-order valence-electron chi connectivity index (χ0n) is 9.75. The number of aromatic nitrogens is 4. The molecule has 2 heterocycles. The number of hydrogen-bond acceptors (Lipinski definition) is 7. The Morgan fingerprint density at radius 1 is 1.33 bits per heavy atom. The van der Waals surface area contributed by atoms with Crippen LogP contribution < -0.4 is 10.6 Å². The van der Waals surface area contributed by atoms with Gasteiger partial charge in [0.2, 0.25) is 6.39 Å². The van der Waals surface area contributed by atoms with Crippen LogP contribution in [0.3, 0.4) is 0 Å². The summed E-state index contributed by atoms with van der Waals surface area (Å²) >= 11 is 0. The van der Waals surface area contributed by atoms with E-state index in [0.29, 0.717) is 11.6 Å². The molecular weight excluding hydrogens is 236 g/mol. The Labute approximate surface area is 103 Å². The van der Waals surface area contributed by atoms with E-state index in [9.17, 15) is 4.79 Å². The molecule has 0 aliphatic carbocycles. The van der Waals surface area contributed by atoms with Crippen molar-refractivity contribution in [1.29, 1.82) is 0 Å². The highest BCUT2D eigenvalue weighted by molar-refractivity contribution is 5.91. The molecule has 2 aromatic heterocycles. The van der Waals surface area contributed by atoms with Gasteiger partial charge in [0.25, 0.3) is 5.91 Å². The van der Waals surface area contributed by atoms with E-state index in [1.165, 1.54) is 18.8 Å². The minimum absolute atomic E-state index is 0.186. The van der Waals surface area contributed by atoms with Gasteiger partial charge in [-0.1, -0.05) is 5.16 Å². The Morgan fingerprint density at radius 3 is 2.83 bits per heavy atom. The van der Waals surface area contributed by atoms with Crippen molar-refractivity contribution in [2.45, 2.75) is 13.5 Å². The first kappa shape index (κ1) is 12.0. The standard InChI is InChI=1S/C10H12N6O2/c1-2-11-8-4-12-7(3-13-8)10(17)14-5-9-15-6-18-16-9/h3-4,6H,2,5H2,1H3,(H,11,13)(H,14,17). The summed E-state index contributed by atoms with van der Waals surface area (Å²) in [5.74, 6) is 0.697. The topological polar surface area (TPSA) is 106 Å². The molecule has 0 spiro atoms. The lowest BCUT2D eigenvalue weighted by Gasteiger charge is -2.03. The van der Waals surface area contributed by atoms with Crippen molar-refractivity contribution in [3.63, 3.8) is 0 Å². The second-order valence-electron chi connectivity index (χ2n) is 3.35. The van der Waals surface area contributed by atoms with Crippen LogP contribution in [0.4, 0.5) is 5.82 Å². The SMILES string of the molecule is CCNc1cnc(C(=O)NCc2ncon2)cn1. The third-order valence-electron chi connectivity index (χ3n) is 2.06. The minimum atomic E-state index is -0.338. The maximum absolute atomic E-state index is 11.7. The number of nitrogens with zero attached hydrogens (tertiary/aromatic N) is 4. The number of hydrogen-bond donors (Lipinski definition) is 2. The molecule has 18 heavy (non-hydrogen) atoms. The van der Waals surface area contributed by atoms with E-state index in [0.717, 1.165) is 6.54 Å². The predicted molar refractivity (Wildman–Crippen MR) is 61.7 cm³/mol. The monoisotopic (exact) mass is 248 g/mol. The average molecular weight is 248 g/mol. The highest BCUT2D eigenvalue weighted by Gasteiger charge is 2.08. The summed E-state index contributed by atoms with van der Waals surface area (Å²) in [6.45, 7) is 2.89. The third-order valence-corrected chi connectivity index (χ3v) is 2.06. The van der Waals surface area contributed by atoms with Gasteiger partial charge in [0.1, 0.15) is 11.5 Å². The number of amides is 1. The molecule has 0 aliphatic heterocycles. The van der Waals surface area contributed by atoms with E-state index in [-0.39, 0.29) is 18.1 Å². The zero-order chi connectivity index (χ0) is 12.8. The molecule has 1 amide bonds. The van der Waals surface area contributed by atoms with Crippen LogP contribution in [0.15, 0.2) is 23.3 Å². The molecule has 8 nitrogen and oxygen atoms in total. The van der Waals surface area contributed by atoms with Crippen LogP contribution in [0.5, 0.6) is 0 Å². The Kier molecular flexibility index (Phi) is 3.79. The average Bonchev–Trinajstić information content (AvgIpc) is 2.90. The maximum Gasteiger partial charge on any atom is 0.271 e. The number of anilines is 1. The van der Waals surface area contributed by atoms with E-state index in [2.05, 4.69) is 35.3 Å². The fourth-order valence-corrected chi connectivity index (χ4v) is 1.24. The van der Waals surface area contributed by atoms with Crippen molar-refractivity contribution < 1.29 is 9.32 Å². The Morgan fingerprint density at radius 2 is 2.22 bits per heavy atom. The van der Waals surface area contributed by atoms with Crippen LogP contribution in [-0.2, 0) is 6.54 Å². The van der Waals surface area contributed by atoms with Crippen LogP contribution in [0.25, 0.3) is 0 Å². The molecule has 8 heteroatoms. The van der Waals surface area contributed by atoms with Crippen molar-refractivity contribution in [2.24, 2.45) is 0 Å². The molecular formula is C10H12N6O2. The molecule has 0 aromatic carbocycles. The highest BCUT2D eigenvalue weighted by atomic mass is 16.5. The molecule has 0 radical (unpaired) electrons. The van der Waals surface area contributed by atoms with Gasteiger partial charge in [-0.05, 0) is 6.92 Å². The van der Waals surface area contributed by atoms with Crippen LogP contribution in [0.2, 0.25) is 0 Å². The lowest BCUT2D eigenvalue weighted by molar-refractivity contribution is 0.0944. The summed E-state index contributed by atoms with van der Waals surface area (Å²) in [5, 5.41) is 9.17. The third kappa shape index (κ3) is 3.00. The Bertz CT molecular complexity index is 496. The fourth-order valence-electron chi connectivity index (χ4n) is 1.24. The highest BCUT2D eigenvalue weighted by Crippen LogP contribution is 2.00. The molecule has 0 saturated heterocycles. The van der Waals surface area contributed by atoms with Gasteiger partial charge in [-0.25, -0.2) is 9.97 Å². The van der Waals surface area contributed by atoms with Gasteiger partial charge >= 0.3 is 0 Å². The first-order valence-electron chi connectivity index (χ1n) is 5.39. The quantitative estimate of drug-likeness (QED) is 0.779. The summed E-state index contributed by atoms with van der Waals surface area (Å²) < 4.78 is 4.55. The molecule has 0 aliphatic rings. The molecule has 0 fully saturated rings. The normalized spacial score (nSPS) is 10.1. The molecule has 2 N–H and O–H groups in total. The smallest absolute Gasteiger partial charge is 0.271 e. The van der Waals surface area contributed by atoms with E-state index in [1.807, 2.05) is 6.92 Å². The Hall–Kier alpha value is -2.51. The maximum atomic E-state index is 11.7. The van der Waals surface area contributed by atoms with Gasteiger partial charge in [0.15, 0.2) is 5.82 Å². The lowest BCUT2D eigenvalue weighted by Crippen LogP contribution is -2.24. The summed E-state index contributed by atoms with van der Waals surface area (Å²) in [7, 11) is 0. The van der Waals surface area contributed by atoms with Gasteiger partial charge < -0.3 is 15.2 Å².